The summed E-state index contributed by atoms with van der Waals surface area (Å²) >= 11 is 1.77. The first-order valence-corrected chi connectivity index (χ1v) is 9.07. The quantitative estimate of drug-likeness (QED) is 0.914. The lowest BCUT2D eigenvalue weighted by Gasteiger charge is -2.31. The van der Waals surface area contributed by atoms with E-state index in [2.05, 4.69) is 28.5 Å². The Labute approximate surface area is 140 Å². The van der Waals surface area contributed by atoms with E-state index in [1.54, 1.807) is 16.2 Å². The second kappa shape index (κ2) is 7.75. The van der Waals surface area contributed by atoms with Crippen molar-refractivity contribution in [1.29, 1.82) is 0 Å². The Morgan fingerprint density at radius 3 is 2.91 bits per heavy atom. The lowest BCUT2D eigenvalue weighted by atomic mass is 10.1. The molecule has 1 amide bonds. The van der Waals surface area contributed by atoms with Gasteiger partial charge in [0, 0.05) is 32.1 Å². The lowest BCUT2D eigenvalue weighted by molar-refractivity contribution is 0.0952. The molecule has 1 aromatic carbocycles. The highest BCUT2D eigenvalue weighted by Crippen LogP contribution is 2.21. The van der Waals surface area contributed by atoms with Crippen molar-refractivity contribution < 1.29 is 9.53 Å². The van der Waals surface area contributed by atoms with Gasteiger partial charge in [-0.3, -0.25) is 0 Å². The summed E-state index contributed by atoms with van der Waals surface area (Å²) in [5.74, 6) is 0. The lowest BCUT2D eigenvalue weighted by Crippen LogP contribution is -2.45. The average Bonchev–Trinajstić information content (AvgIpc) is 2.98. The molecule has 0 saturated carbocycles. The highest BCUT2D eigenvalue weighted by atomic mass is 32.1. The first-order chi connectivity index (χ1) is 11.3. The number of benzene rings is 1. The molecule has 2 aromatic rings. The van der Waals surface area contributed by atoms with Gasteiger partial charge in [0.25, 0.3) is 0 Å². The molecule has 0 aliphatic carbocycles. The third-order valence-electron chi connectivity index (χ3n) is 4.13. The summed E-state index contributed by atoms with van der Waals surface area (Å²) in [5, 5.41) is 4.78. The first-order valence-electron chi connectivity index (χ1n) is 8.26. The van der Waals surface area contributed by atoms with Gasteiger partial charge in [0.15, 0.2) is 0 Å². The van der Waals surface area contributed by atoms with E-state index < -0.39 is 0 Å². The number of hydrogen-bond acceptors (Lipinski definition) is 5. The number of carbonyl (C=O) groups excluding carboxylic acids is 1. The first kappa shape index (κ1) is 16.2. The second-order valence-electron chi connectivity index (χ2n) is 5.74. The van der Waals surface area contributed by atoms with Crippen molar-refractivity contribution in [1.82, 2.24) is 15.2 Å². The maximum atomic E-state index is 11.7. The van der Waals surface area contributed by atoms with Crippen LogP contribution in [0.15, 0.2) is 24.3 Å². The predicted molar refractivity (Wildman–Crippen MR) is 92.9 cm³/mol. The normalized spacial score (nSPS) is 16.0. The van der Waals surface area contributed by atoms with E-state index in [0.29, 0.717) is 12.6 Å². The molecule has 23 heavy (non-hydrogen) atoms. The van der Waals surface area contributed by atoms with E-state index in [1.165, 1.54) is 9.71 Å². The summed E-state index contributed by atoms with van der Waals surface area (Å²) in [6, 6.07) is 8.75. The Hall–Kier alpha value is -1.66. The van der Waals surface area contributed by atoms with Crippen LogP contribution in [0.3, 0.4) is 0 Å². The van der Waals surface area contributed by atoms with Crippen LogP contribution in [0.25, 0.3) is 10.2 Å². The fraction of sp³-hybridized carbons (Fsp3) is 0.529. The van der Waals surface area contributed by atoms with Crippen LogP contribution >= 0.6 is 11.3 Å². The number of aromatic nitrogens is 1. The molecule has 0 spiro atoms. The Balaban J connectivity index is 1.41. The highest BCUT2D eigenvalue weighted by molar-refractivity contribution is 7.18. The van der Waals surface area contributed by atoms with Crippen molar-refractivity contribution in [2.24, 2.45) is 0 Å². The zero-order valence-corrected chi connectivity index (χ0v) is 14.3. The van der Waals surface area contributed by atoms with Crippen LogP contribution in [0.4, 0.5) is 4.79 Å². The van der Waals surface area contributed by atoms with E-state index >= 15 is 0 Å². The number of amides is 1. The topological polar surface area (TPSA) is 54.5 Å². The summed E-state index contributed by atoms with van der Waals surface area (Å²) in [7, 11) is 0. The Morgan fingerprint density at radius 1 is 1.39 bits per heavy atom. The molecule has 5 nitrogen and oxygen atoms in total. The number of para-hydroxylation sites is 1. The number of hydrogen-bond donors (Lipinski definition) is 1. The molecule has 1 fully saturated rings. The van der Waals surface area contributed by atoms with Crippen LogP contribution in [-0.4, -0.2) is 48.3 Å². The van der Waals surface area contributed by atoms with Crippen molar-refractivity contribution in [3.05, 3.63) is 29.3 Å². The molecule has 1 aliphatic rings. The van der Waals surface area contributed by atoms with Crippen LogP contribution in [0.1, 0.15) is 24.8 Å². The fourth-order valence-corrected chi connectivity index (χ4v) is 3.86. The standard InChI is InChI=1S/C17H23N3O2S/c1-2-22-17(21)20-11-8-13(9-12-20)18-10-7-16-19-14-5-3-4-6-15(14)23-16/h3-6,13,18H,2,7-12H2,1H3. The number of ether oxygens (including phenoxy) is 1. The summed E-state index contributed by atoms with van der Waals surface area (Å²) in [5.41, 5.74) is 1.09. The molecule has 2 heterocycles. The number of thiazole rings is 1. The third kappa shape index (κ3) is 4.20. The van der Waals surface area contributed by atoms with Gasteiger partial charge in [0.2, 0.25) is 0 Å². The number of nitrogens with one attached hydrogen (secondary N) is 1. The predicted octanol–water partition coefficient (Wildman–Crippen LogP) is 3.05. The summed E-state index contributed by atoms with van der Waals surface area (Å²) in [6.45, 7) is 4.77. The molecule has 1 aliphatic heterocycles. The van der Waals surface area contributed by atoms with Crippen LogP contribution in [-0.2, 0) is 11.2 Å². The smallest absolute Gasteiger partial charge is 0.409 e. The minimum Gasteiger partial charge on any atom is -0.450 e. The van der Waals surface area contributed by atoms with Crippen molar-refractivity contribution in [3.8, 4) is 0 Å². The van der Waals surface area contributed by atoms with Gasteiger partial charge in [-0.1, -0.05) is 12.1 Å². The molecular weight excluding hydrogens is 310 g/mol. The Morgan fingerprint density at radius 2 is 2.17 bits per heavy atom. The summed E-state index contributed by atoms with van der Waals surface area (Å²) in [4.78, 5) is 18.1. The van der Waals surface area contributed by atoms with Crippen molar-refractivity contribution in [2.75, 3.05) is 26.2 Å². The zero-order valence-electron chi connectivity index (χ0n) is 13.5. The van der Waals surface area contributed by atoms with Gasteiger partial charge in [-0.15, -0.1) is 11.3 Å². The minimum atomic E-state index is -0.180. The van der Waals surface area contributed by atoms with E-state index in [4.69, 9.17) is 4.74 Å². The minimum absolute atomic E-state index is 0.180. The van der Waals surface area contributed by atoms with Crippen LogP contribution in [0.5, 0.6) is 0 Å². The molecule has 0 bridgehead atoms. The average molecular weight is 333 g/mol. The van der Waals surface area contributed by atoms with Crippen molar-refractivity contribution in [3.63, 3.8) is 0 Å². The van der Waals surface area contributed by atoms with Gasteiger partial charge >= 0.3 is 6.09 Å². The van der Waals surface area contributed by atoms with Gasteiger partial charge in [0.05, 0.1) is 21.8 Å². The molecule has 0 unspecified atom stereocenters. The number of nitrogens with zero attached hydrogens (tertiary/aromatic N) is 2. The summed E-state index contributed by atoms with van der Waals surface area (Å²) < 4.78 is 6.30. The number of fused-ring (bicyclic) bond motifs is 1. The number of likely N-dealkylation sites (tertiary alicyclic amines) is 1. The van der Waals surface area contributed by atoms with Crippen LogP contribution in [0, 0.1) is 0 Å². The Bertz CT molecular complexity index is 617. The second-order valence-corrected chi connectivity index (χ2v) is 6.85. The molecule has 3 rings (SSSR count). The van der Waals surface area contributed by atoms with Crippen LogP contribution < -0.4 is 5.32 Å². The number of carbonyl (C=O) groups is 1. The molecule has 124 valence electrons. The largest absolute Gasteiger partial charge is 0.450 e. The van der Waals surface area contributed by atoms with Gasteiger partial charge in [-0.25, -0.2) is 9.78 Å². The molecule has 1 saturated heterocycles. The number of piperidine rings is 1. The SMILES string of the molecule is CCOC(=O)N1CCC(NCCc2nc3ccccc3s2)CC1. The van der Waals surface area contributed by atoms with Crippen molar-refractivity contribution in [2.45, 2.75) is 32.2 Å². The zero-order chi connectivity index (χ0) is 16.1. The number of rotatable bonds is 5. The molecule has 6 heteroatoms. The maximum Gasteiger partial charge on any atom is 0.409 e. The third-order valence-corrected chi connectivity index (χ3v) is 5.23. The molecule has 1 N–H and O–H groups in total. The van der Waals surface area contributed by atoms with Gasteiger partial charge < -0.3 is 15.0 Å². The van der Waals surface area contributed by atoms with E-state index in [-0.39, 0.29) is 6.09 Å². The molecule has 0 radical (unpaired) electrons. The van der Waals surface area contributed by atoms with E-state index in [1.807, 2.05) is 13.0 Å². The highest BCUT2D eigenvalue weighted by Gasteiger charge is 2.23. The van der Waals surface area contributed by atoms with Gasteiger partial charge in [0.1, 0.15) is 0 Å². The van der Waals surface area contributed by atoms with E-state index in [9.17, 15) is 4.79 Å². The van der Waals surface area contributed by atoms with Crippen LogP contribution in [0.2, 0.25) is 0 Å². The van der Waals surface area contributed by atoms with Gasteiger partial charge in [-0.05, 0) is 31.9 Å². The summed E-state index contributed by atoms with van der Waals surface area (Å²) in [6.07, 6.45) is 2.75. The van der Waals surface area contributed by atoms with Crippen molar-refractivity contribution >= 4 is 27.6 Å². The molecule has 1 aromatic heterocycles. The maximum absolute atomic E-state index is 11.7. The monoisotopic (exact) mass is 333 g/mol. The molecular formula is C17H23N3O2S. The fourth-order valence-electron chi connectivity index (χ4n) is 2.89. The Kier molecular flexibility index (Phi) is 5.46. The van der Waals surface area contributed by atoms with Gasteiger partial charge in [-0.2, -0.15) is 0 Å². The molecule has 0 atom stereocenters. The van der Waals surface area contributed by atoms with E-state index in [0.717, 1.165) is 44.4 Å².